The molecule has 0 saturated heterocycles. The maximum Gasteiger partial charge on any atom is 0.125 e. The van der Waals surface area contributed by atoms with E-state index in [1.807, 2.05) is 41.8 Å². The van der Waals surface area contributed by atoms with Crippen molar-refractivity contribution in [3.05, 3.63) is 52.7 Å². The molecule has 0 aliphatic carbocycles. The first-order valence-electron chi connectivity index (χ1n) is 5.93. The van der Waals surface area contributed by atoms with Crippen LogP contribution in [-0.4, -0.2) is 9.55 Å². The van der Waals surface area contributed by atoms with Gasteiger partial charge in [-0.05, 0) is 37.3 Å². The van der Waals surface area contributed by atoms with Gasteiger partial charge in [-0.3, -0.25) is 0 Å². The third-order valence-electron chi connectivity index (χ3n) is 3.02. The molecule has 2 heterocycles. The van der Waals surface area contributed by atoms with Crippen molar-refractivity contribution in [2.24, 2.45) is 0 Å². The van der Waals surface area contributed by atoms with Crippen LogP contribution in [0.2, 0.25) is 5.02 Å². The summed E-state index contributed by atoms with van der Waals surface area (Å²) in [6.45, 7) is 2.53. The van der Waals surface area contributed by atoms with Crippen LogP contribution in [0.4, 0.5) is 0 Å². The van der Waals surface area contributed by atoms with E-state index in [9.17, 15) is 0 Å². The highest BCUT2D eigenvalue weighted by atomic mass is 35.5. The van der Waals surface area contributed by atoms with Gasteiger partial charge >= 0.3 is 0 Å². The molecule has 0 spiro atoms. The van der Waals surface area contributed by atoms with Gasteiger partial charge in [0.05, 0.1) is 23.5 Å². The molecule has 0 amide bonds. The Bertz CT molecular complexity index is 730. The van der Waals surface area contributed by atoms with Crippen LogP contribution in [0.15, 0.2) is 34.7 Å². The number of furan rings is 1. The Hall–Kier alpha value is -1.45. The van der Waals surface area contributed by atoms with Crippen molar-refractivity contribution in [1.29, 1.82) is 0 Å². The van der Waals surface area contributed by atoms with E-state index in [1.54, 1.807) is 0 Å². The van der Waals surface area contributed by atoms with E-state index < -0.39 is 0 Å². The second-order valence-corrected chi connectivity index (χ2v) is 5.10. The fraction of sp³-hybridized carbons (Fsp3) is 0.214. The van der Waals surface area contributed by atoms with Crippen molar-refractivity contribution in [3.8, 4) is 0 Å². The van der Waals surface area contributed by atoms with Gasteiger partial charge < -0.3 is 8.98 Å². The first-order chi connectivity index (χ1) is 9.17. The molecule has 0 N–H and O–H groups in total. The summed E-state index contributed by atoms with van der Waals surface area (Å²) in [5.74, 6) is 2.94. The summed E-state index contributed by atoms with van der Waals surface area (Å²) < 4.78 is 7.64. The van der Waals surface area contributed by atoms with Crippen molar-refractivity contribution in [2.75, 3.05) is 0 Å². The lowest BCUT2D eigenvalue weighted by Crippen LogP contribution is -2.02. The van der Waals surface area contributed by atoms with Crippen LogP contribution in [0.5, 0.6) is 0 Å². The van der Waals surface area contributed by atoms with E-state index in [0.717, 1.165) is 28.4 Å². The number of hydrogen-bond acceptors (Lipinski definition) is 2. The molecule has 0 unspecified atom stereocenters. The van der Waals surface area contributed by atoms with Gasteiger partial charge in [0.15, 0.2) is 0 Å². The van der Waals surface area contributed by atoms with Crippen LogP contribution in [-0.2, 0) is 12.4 Å². The van der Waals surface area contributed by atoms with Crippen LogP contribution >= 0.6 is 23.2 Å². The molecule has 98 valence electrons. The second-order valence-electron chi connectivity index (χ2n) is 4.39. The average molecular weight is 295 g/mol. The zero-order valence-electron chi connectivity index (χ0n) is 10.4. The van der Waals surface area contributed by atoms with Crippen LogP contribution in [0.1, 0.15) is 17.3 Å². The molecule has 3 aromatic rings. The number of rotatable bonds is 3. The molecular weight excluding hydrogens is 283 g/mol. The standard InChI is InChI=1S/C14H12Cl2N2O/c1-9-2-4-11(19-9)8-18-13-6-10(16)3-5-12(13)17-14(18)7-15/h2-6H,7-8H2,1H3. The molecule has 0 aliphatic rings. The minimum atomic E-state index is 0.353. The zero-order valence-corrected chi connectivity index (χ0v) is 11.9. The Morgan fingerprint density at radius 3 is 2.79 bits per heavy atom. The largest absolute Gasteiger partial charge is 0.464 e. The van der Waals surface area contributed by atoms with E-state index >= 15 is 0 Å². The lowest BCUT2D eigenvalue weighted by molar-refractivity contribution is 0.470. The van der Waals surface area contributed by atoms with Gasteiger partial charge in [0, 0.05) is 5.02 Å². The molecule has 0 saturated carbocycles. The summed E-state index contributed by atoms with van der Waals surface area (Å²) in [5, 5.41) is 0.686. The summed E-state index contributed by atoms with van der Waals surface area (Å²) in [6, 6.07) is 9.54. The average Bonchev–Trinajstić information content (AvgIpc) is 2.94. The van der Waals surface area contributed by atoms with Crippen LogP contribution in [0.25, 0.3) is 11.0 Å². The van der Waals surface area contributed by atoms with Crippen molar-refractivity contribution in [1.82, 2.24) is 9.55 Å². The number of imidazole rings is 1. The fourth-order valence-corrected chi connectivity index (χ4v) is 2.52. The predicted molar refractivity (Wildman–Crippen MR) is 76.8 cm³/mol. The van der Waals surface area contributed by atoms with Gasteiger partial charge in [-0.15, -0.1) is 11.6 Å². The lowest BCUT2D eigenvalue weighted by Gasteiger charge is -2.05. The fourth-order valence-electron chi connectivity index (χ4n) is 2.15. The van der Waals surface area contributed by atoms with E-state index in [-0.39, 0.29) is 0 Å². The molecular formula is C14H12Cl2N2O. The summed E-state index contributed by atoms with van der Waals surface area (Å²) in [4.78, 5) is 4.51. The number of halogens is 2. The first-order valence-corrected chi connectivity index (χ1v) is 6.84. The van der Waals surface area contributed by atoms with Crippen molar-refractivity contribution >= 4 is 34.2 Å². The molecule has 0 aliphatic heterocycles. The number of fused-ring (bicyclic) bond motifs is 1. The van der Waals surface area contributed by atoms with E-state index in [4.69, 9.17) is 27.6 Å². The summed E-state index contributed by atoms with van der Waals surface area (Å²) in [7, 11) is 0. The monoisotopic (exact) mass is 294 g/mol. The highest BCUT2D eigenvalue weighted by molar-refractivity contribution is 6.31. The van der Waals surface area contributed by atoms with Gasteiger partial charge in [0.1, 0.15) is 17.3 Å². The highest BCUT2D eigenvalue weighted by Gasteiger charge is 2.12. The van der Waals surface area contributed by atoms with Gasteiger partial charge in [-0.25, -0.2) is 4.98 Å². The molecule has 2 aromatic heterocycles. The van der Waals surface area contributed by atoms with Gasteiger partial charge in [0.2, 0.25) is 0 Å². The molecule has 1 aromatic carbocycles. The summed E-state index contributed by atoms with van der Waals surface area (Å²) in [5.41, 5.74) is 1.86. The van der Waals surface area contributed by atoms with Crippen LogP contribution in [0, 0.1) is 6.92 Å². The predicted octanol–water partition coefficient (Wildman–Crippen LogP) is 4.38. The smallest absolute Gasteiger partial charge is 0.125 e. The van der Waals surface area contributed by atoms with E-state index in [0.29, 0.717) is 17.4 Å². The van der Waals surface area contributed by atoms with Crippen molar-refractivity contribution < 1.29 is 4.42 Å². The molecule has 5 heteroatoms. The normalized spacial score (nSPS) is 11.3. The Labute approximate surface area is 120 Å². The molecule has 0 atom stereocenters. The number of aryl methyl sites for hydroxylation is 1. The van der Waals surface area contributed by atoms with E-state index in [2.05, 4.69) is 4.98 Å². The van der Waals surface area contributed by atoms with Crippen LogP contribution in [0.3, 0.4) is 0 Å². The summed E-state index contributed by atoms with van der Waals surface area (Å²) >= 11 is 12.0. The Balaban J connectivity index is 2.12. The second kappa shape index (κ2) is 4.91. The van der Waals surface area contributed by atoms with Gasteiger partial charge in [-0.2, -0.15) is 0 Å². The zero-order chi connectivity index (χ0) is 13.4. The Morgan fingerprint density at radius 1 is 1.26 bits per heavy atom. The van der Waals surface area contributed by atoms with Crippen LogP contribution < -0.4 is 0 Å². The molecule has 19 heavy (non-hydrogen) atoms. The van der Waals surface area contributed by atoms with E-state index in [1.165, 1.54) is 0 Å². The Morgan fingerprint density at radius 2 is 2.11 bits per heavy atom. The molecule has 0 fully saturated rings. The third-order valence-corrected chi connectivity index (χ3v) is 3.49. The lowest BCUT2D eigenvalue weighted by atomic mass is 10.3. The molecule has 3 nitrogen and oxygen atoms in total. The topological polar surface area (TPSA) is 31.0 Å². The maximum atomic E-state index is 6.05. The van der Waals surface area contributed by atoms with Gasteiger partial charge in [0.25, 0.3) is 0 Å². The quantitative estimate of drug-likeness (QED) is 0.671. The molecule has 3 rings (SSSR count). The number of hydrogen-bond donors (Lipinski definition) is 0. The molecule has 0 radical (unpaired) electrons. The number of benzene rings is 1. The minimum Gasteiger partial charge on any atom is -0.464 e. The molecule has 0 bridgehead atoms. The first kappa shape index (κ1) is 12.6. The summed E-state index contributed by atoms with van der Waals surface area (Å²) in [6.07, 6.45) is 0. The van der Waals surface area contributed by atoms with Gasteiger partial charge in [-0.1, -0.05) is 11.6 Å². The number of aromatic nitrogens is 2. The SMILES string of the molecule is Cc1ccc(Cn2c(CCl)nc3ccc(Cl)cc32)o1. The number of alkyl halides is 1. The van der Waals surface area contributed by atoms with Crippen molar-refractivity contribution in [3.63, 3.8) is 0 Å². The highest BCUT2D eigenvalue weighted by Crippen LogP contribution is 2.23. The Kier molecular flexibility index (Phi) is 3.25. The minimum absolute atomic E-state index is 0.353. The third kappa shape index (κ3) is 2.36. The van der Waals surface area contributed by atoms with Crippen molar-refractivity contribution in [2.45, 2.75) is 19.3 Å². The number of nitrogens with zero attached hydrogens (tertiary/aromatic N) is 2. The maximum absolute atomic E-state index is 6.05.